The Morgan fingerprint density at radius 3 is 2.64 bits per heavy atom. The first-order valence-electron chi connectivity index (χ1n) is 7.57. The van der Waals surface area contributed by atoms with Gasteiger partial charge in [-0.3, -0.25) is 4.90 Å². The fourth-order valence-corrected chi connectivity index (χ4v) is 2.46. The van der Waals surface area contributed by atoms with Crippen LogP contribution in [0.3, 0.4) is 0 Å². The SMILES string of the molecule is CC(C)(CNC(=O)NCc1ccccc1F)N1CCOCC1. The van der Waals surface area contributed by atoms with Gasteiger partial charge in [-0.1, -0.05) is 18.2 Å². The van der Waals surface area contributed by atoms with E-state index in [9.17, 15) is 9.18 Å². The molecule has 5 nitrogen and oxygen atoms in total. The fourth-order valence-electron chi connectivity index (χ4n) is 2.46. The van der Waals surface area contributed by atoms with Gasteiger partial charge < -0.3 is 15.4 Å². The zero-order valence-electron chi connectivity index (χ0n) is 13.2. The second-order valence-electron chi connectivity index (χ2n) is 6.04. The fraction of sp³-hybridized carbons (Fsp3) is 0.562. The third kappa shape index (κ3) is 4.68. The maximum atomic E-state index is 13.5. The van der Waals surface area contributed by atoms with Crippen molar-refractivity contribution < 1.29 is 13.9 Å². The molecule has 1 heterocycles. The Morgan fingerprint density at radius 1 is 1.27 bits per heavy atom. The molecule has 0 saturated carbocycles. The summed E-state index contributed by atoms with van der Waals surface area (Å²) in [5.41, 5.74) is 0.337. The Kier molecular flexibility index (Phi) is 5.74. The molecule has 1 aliphatic heterocycles. The van der Waals surface area contributed by atoms with Gasteiger partial charge in [0.1, 0.15) is 5.82 Å². The number of carbonyl (C=O) groups excluding carboxylic acids is 1. The van der Waals surface area contributed by atoms with Crippen molar-refractivity contribution in [2.45, 2.75) is 25.9 Å². The molecule has 1 fully saturated rings. The van der Waals surface area contributed by atoms with Crippen LogP contribution in [0.4, 0.5) is 9.18 Å². The summed E-state index contributed by atoms with van der Waals surface area (Å²) < 4.78 is 18.8. The average Bonchev–Trinajstić information content (AvgIpc) is 2.53. The van der Waals surface area contributed by atoms with Gasteiger partial charge in [-0.2, -0.15) is 0 Å². The largest absolute Gasteiger partial charge is 0.379 e. The summed E-state index contributed by atoms with van der Waals surface area (Å²) in [4.78, 5) is 14.2. The summed E-state index contributed by atoms with van der Waals surface area (Å²) in [5.74, 6) is -0.309. The zero-order chi connectivity index (χ0) is 16.0. The van der Waals surface area contributed by atoms with E-state index in [1.807, 2.05) is 0 Å². The van der Waals surface area contributed by atoms with E-state index in [2.05, 4.69) is 29.4 Å². The Bertz CT molecular complexity index is 502. The molecule has 1 aliphatic rings. The molecule has 0 radical (unpaired) electrons. The molecular weight excluding hydrogens is 285 g/mol. The molecule has 0 aliphatic carbocycles. The summed E-state index contributed by atoms with van der Waals surface area (Å²) in [6.07, 6.45) is 0. The van der Waals surface area contributed by atoms with Crippen molar-refractivity contribution >= 4 is 6.03 Å². The lowest BCUT2D eigenvalue weighted by atomic mass is 10.0. The number of morpholine rings is 1. The van der Waals surface area contributed by atoms with Crippen LogP contribution in [0.15, 0.2) is 24.3 Å². The zero-order valence-corrected chi connectivity index (χ0v) is 13.2. The Balaban J connectivity index is 1.76. The normalized spacial score (nSPS) is 16.3. The van der Waals surface area contributed by atoms with E-state index in [1.165, 1.54) is 6.07 Å². The highest BCUT2D eigenvalue weighted by Crippen LogP contribution is 2.15. The highest BCUT2D eigenvalue weighted by molar-refractivity contribution is 5.73. The number of rotatable bonds is 5. The second-order valence-corrected chi connectivity index (χ2v) is 6.04. The number of carbonyl (C=O) groups is 1. The van der Waals surface area contributed by atoms with Crippen molar-refractivity contribution in [3.05, 3.63) is 35.6 Å². The maximum Gasteiger partial charge on any atom is 0.315 e. The lowest BCUT2D eigenvalue weighted by molar-refractivity contribution is -0.00874. The van der Waals surface area contributed by atoms with Crippen LogP contribution in [0, 0.1) is 5.82 Å². The first-order chi connectivity index (χ1) is 10.5. The van der Waals surface area contributed by atoms with Gasteiger partial charge in [-0.15, -0.1) is 0 Å². The molecule has 122 valence electrons. The van der Waals surface area contributed by atoms with E-state index in [0.29, 0.717) is 12.1 Å². The second kappa shape index (κ2) is 7.56. The summed E-state index contributed by atoms with van der Waals surface area (Å²) in [5, 5.41) is 5.54. The Labute approximate surface area is 130 Å². The van der Waals surface area contributed by atoms with Gasteiger partial charge in [-0.25, -0.2) is 9.18 Å². The predicted molar refractivity (Wildman–Crippen MR) is 83.1 cm³/mol. The molecule has 2 rings (SSSR count). The predicted octanol–water partition coefficient (Wildman–Crippen LogP) is 1.74. The number of hydrogen-bond acceptors (Lipinski definition) is 3. The number of ether oxygens (including phenoxy) is 1. The van der Waals surface area contributed by atoms with Crippen molar-refractivity contribution in [3.63, 3.8) is 0 Å². The van der Waals surface area contributed by atoms with Gasteiger partial charge in [0, 0.05) is 37.3 Å². The number of nitrogens with one attached hydrogen (secondary N) is 2. The molecule has 0 unspecified atom stereocenters. The number of benzene rings is 1. The average molecular weight is 309 g/mol. The minimum atomic E-state index is -0.309. The Morgan fingerprint density at radius 2 is 1.95 bits per heavy atom. The van der Waals surface area contributed by atoms with Crippen molar-refractivity contribution in [3.8, 4) is 0 Å². The first kappa shape index (κ1) is 16.7. The number of nitrogens with zero attached hydrogens (tertiary/aromatic N) is 1. The van der Waals surface area contributed by atoms with Crippen LogP contribution >= 0.6 is 0 Å². The van der Waals surface area contributed by atoms with E-state index in [4.69, 9.17) is 4.74 Å². The molecular formula is C16H24FN3O2. The molecule has 0 bridgehead atoms. The van der Waals surface area contributed by atoms with Crippen molar-refractivity contribution in [2.24, 2.45) is 0 Å². The van der Waals surface area contributed by atoms with Crippen LogP contribution in [0.1, 0.15) is 19.4 Å². The summed E-state index contributed by atoms with van der Waals surface area (Å²) in [7, 11) is 0. The minimum Gasteiger partial charge on any atom is -0.379 e. The molecule has 2 amide bonds. The standard InChI is InChI=1S/C16H24FN3O2/c1-16(2,20-7-9-22-10-8-20)12-19-15(21)18-11-13-5-3-4-6-14(13)17/h3-6H,7-12H2,1-2H3,(H2,18,19,21). The summed E-state index contributed by atoms with van der Waals surface area (Å²) in [6.45, 7) is 8.07. The molecule has 22 heavy (non-hydrogen) atoms. The number of halogens is 1. The van der Waals surface area contributed by atoms with Crippen LogP contribution in [-0.2, 0) is 11.3 Å². The van der Waals surface area contributed by atoms with Crippen LogP contribution in [-0.4, -0.2) is 49.3 Å². The molecule has 0 atom stereocenters. The number of amides is 2. The van der Waals surface area contributed by atoms with Crippen LogP contribution < -0.4 is 10.6 Å². The monoisotopic (exact) mass is 309 g/mol. The molecule has 0 spiro atoms. The minimum absolute atomic E-state index is 0.140. The topological polar surface area (TPSA) is 53.6 Å². The summed E-state index contributed by atoms with van der Waals surface area (Å²) >= 11 is 0. The van der Waals surface area contributed by atoms with E-state index >= 15 is 0 Å². The van der Waals surface area contributed by atoms with E-state index < -0.39 is 0 Å². The lowest BCUT2D eigenvalue weighted by Crippen LogP contribution is -2.56. The summed E-state index contributed by atoms with van der Waals surface area (Å²) in [6, 6.07) is 6.14. The van der Waals surface area contributed by atoms with Gasteiger partial charge in [0.15, 0.2) is 0 Å². The van der Waals surface area contributed by atoms with Crippen molar-refractivity contribution in [2.75, 3.05) is 32.8 Å². The highest BCUT2D eigenvalue weighted by atomic mass is 19.1. The third-order valence-corrected chi connectivity index (χ3v) is 3.95. The van der Waals surface area contributed by atoms with Gasteiger partial charge >= 0.3 is 6.03 Å². The van der Waals surface area contributed by atoms with Gasteiger partial charge in [0.2, 0.25) is 0 Å². The van der Waals surface area contributed by atoms with E-state index in [-0.39, 0.29) is 23.9 Å². The highest BCUT2D eigenvalue weighted by Gasteiger charge is 2.28. The number of urea groups is 1. The third-order valence-electron chi connectivity index (χ3n) is 3.95. The molecule has 1 aromatic carbocycles. The van der Waals surface area contributed by atoms with Crippen LogP contribution in [0.25, 0.3) is 0 Å². The van der Waals surface area contributed by atoms with Crippen LogP contribution in [0.5, 0.6) is 0 Å². The first-order valence-corrected chi connectivity index (χ1v) is 7.57. The van der Waals surface area contributed by atoms with Gasteiger partial charge in [0.05, 0.1) is 13.2 Å². The molecule has 1 aromatic rings. The van der Waals surface area contributed by atoms with Crippen molar-refractivity contribution in [1.82, 2.24) is 15.5 Å². The molecule has 1 saturated heterocycles. The van der Waals surface area contributed by atoms with E-state index in [0.717, 1.165) is 26.3 Å². The quantitative estimate of drug-likeness (QED) is 0.871. The molecule has 0 aromatic heterocycles. The van der Waals surface area contributed by atoms with E-state index in [1.54, 1.807) is 18.2 Å². The number of hydrogen-bond donors (Lipinski definition) is 2. The Hall–Kier alpha value is -1.66. The van der Waals surface area contributed by atoms with Gasteiger partial charge in [-0.05, 0) is 19.9 Å². The van der Waals surface area contributed by atoms with Crippen molar-refractivity contribution in [1.29, 1.82) is 0 Å². The smallest absolute Gasteiger partial charge is 0.315 e. The molecule has 6 heteroatoms. The lowest BCUT2D eigenvalue weighted by Gasteiger charge is -2.40. The van der Waals surface area contributed by atoms with Gasteiger partial charge in [0.25, 0.3) is 0 Å². The maximum absolute atomic E-state index is 13.5. The van der Waals surface area contributed by atoms with Crippen LogP contribution in [0.2, 0.25) is 0 Å². The molecule has 2 N–H and O–H groups in total.